The minimum absolute atomic E-state index is 0.586. The molecule has 0 unspecified atom stereocenters. The molecule has 0 N–H and O–H groups in total. The van der Waals surface area contributed by atoms with E-state index in [1.54, 1.807) is 0 Å². The van der Waals surface area contributed by atoms with Gasteiger partial charge in [-0.15, -0.1) is 0 Å². The third-order valence-electron chi connectivity index (χ3n) is 2.80. The van der Waals surface area contributed by atoms with Gasteiger partial charge in [0.1, 0.15) is 6.29 Å². The van der Waals surface area contributed by atoms with Crippen molar-refractivity contribution in [1.82, 2.24) is 0 Å². The van der Waals surface area contributed by atoms with Gasteiger partial charge in [-0.25, -0.2) is 0 Å². The Morgan fingerprint density at radius 1 is 1.23 bits per heavy atom. The smallest absolute Gasteiger partial charge is 0.124 e. The number of rotatable bonds is 2. The number of aryl methyl sites for hydroxylation is 1. The molecule has 0 saturated carbocycles. The van der Waals surface area contributed by atoms with Crippen molar-refractivity contribution in [2.75, 3.05) is 0 Å². The molecule has 68 valence electrons. The number of carbonyl (C=O) groups excluding carboxylic acids is 1. The van der Waals surface area contributed by atoms with Gasteiger partial charge in [0.05, 0.1) is 0 Å². The molecule has 0 bridgehead atoms. The molecule has 1 heteroatoms. The maximum absolute atomic E-state index is 10.5. The van der Waals surface area contributed by atoms with Gasteiger partial charge in [-0.2, -0.15) is 0 Å². The number of carbonyl (C=O) groups is 1. The predicted molar refractivity (Wildman–Crippen MR) is 52.9 cm³/mol. The third kappa shape index (κ3) is 1.64. The van der Waals surface area contributed by atoms with Crippen LogP contribution in [-0.2, 0) is 24.1 Å². The predicted octanol–water partition coefficient (Wildman–Crippen LogP) is 2.31. The van der Waals surface area contributed by atoms with Crippen molar-refractivity contribution >= 4 is 6.29 Å². The molecule has 0 fully saturated rings. The quantitative estimate of drug-likeness (QED) is 0.629. The van der Waals surface area contributed by atoms with Gasteiger partial charge in [0, 0.05) is 6.42 Å². The van der Waals surface area contributed by atoms with Gasteiger partial charge in [-0.05, 0) is 42.4 Å². The fourth-order valence-corrected chi connectivity index (χ4v) is 2.14. The Morgan fingerprint density at radius 3 is 2.92 bits per heavy atom. The Labute approximate surface area is 78.8 Å². The van der Waals surface area contributed by atoms with Crippen molar-refractivity contribution in [1.29, 1.82) is 0 Å². The highest BCUT2D eigenvalue weighted by molar-refractivity contribution is 5.57. The van der Waals surface area contributed by atoms with E-state index in [1.807, 2.05) is 0 Å². The zero-order valence-corrected chi connectivity index (χ0v) is 7.75. The van der Waals surface area contributed by atoms with Gasteiger partial charge in [0.15, 0.2) is 0 Å². The van der Waals surface area contributed by atoms with Gasteiger partial charge in [0.25, 0.3) is 0 Å². The first-order valence-corrected chi connectivity index (χ1v) is 4.95. The summed E-state index contributed by atoms with van der Waals surface area (Å²) in [4.78, 5) is 10.5. The van der Waals surface area contributed by atoms with Gasteiger partial charge in [-0.1, -0.05) is 18.2 Å². The lowest BCUT2D eigenvalue weighted by molar-refractivity contribution is -0.107. The molecule has 1 aliphatic carbocycles. The van der Waals surface area contributed by atoms with Crippen LogP contribution in [0.15, 0.2) is 18.2 Å². The average Bonchev–Trinajstić information content (AvgIpc) is 2.19. The van der Waals surface area contributed by atoms with Crippen molar-refractivity contribution in [2.24, 2.45) is 0 Å². The van der Waals surface area contributed by atoms with E-state index in [9.17, 15) is 4.79 Å². The Kier molecular flexibility index (Phi) is 2.44. The maximum atomic E-state index is 10.5. The third-order valence-corrected chi connectivity index (χ3v) is 2.80. The average molecular weight is 174 g/mol. The SMILES string of the molecule is O=CCc1cccc2c1CCCC2. The number of aldehydes is 1. The van der Waals surface area contributed by atoms with Crippen LogP contribution in [0, 0.1) is 0 Å². The van der Waals surface area contributed by atoms with E-state index in [-0.39, 0.29) is 0 Å². The second-order valence-electron chi connectivity index (χ2n) is 3.63. The summed E-state index contributed by atoms with van der Waals surface area (Å²) in [5, 5.41) is 0. The lowest BCUT2D eigenvalue weighted by Gasteiger charge is -2.18. The highest BCUT2D eigenvalue weighted by Crippen LogP contribution is 2.24. The van der Waals surface area contributed by atoms with E-state index in [1.165, 1.54) is 42.4 Å². The maximum Gasteiger partial charge on any atom is 0.124 e. The van der Waals surface area contributed by atoms with Gasteiger partial charge < -0.3 is 4.79 Å². The van der Waals surface area contributed by atoms with Crippen LogP contribution in [0.25, 0.3) is 0 Å². The molecule has 0 amide bonds. The summed E-state index contributed by atoms with van der Waals surface area (Å²) in [5.41, 5.74) is 4.15. The first kappa shape index (κ1) is 8.49. The summed E-state index contributed by atoms with van der Waals surface area (Å²) in [6.45, 7) is 0. The summed E-state index contributed by atoms with van der Waals surface area (Å²) >= 11 is 0. The first-order valence-electron chi connectivity index (χ1n) is 4.95. The highest BCUT2D eigenvalue weighted by atomic mass is 16.1. The topological polar surface area (TPSA) is 17.1 Å². The van der Waals surface area contributed by atoms with E-state index < -0.39 is 0 Å². The molecule has 1 aliphatic rings. The Hall–Kier alpha value is -1.11. The van der Waals surface area contributed by atoms with E-state index in [0.29, 0.717) is 6.42 Å². The normalized spacial score (nSPS) is 15.1. The molecule has 0 saturated heterocycles. The Morgan fingerprint density at radius 2 is 2.08 bits per heavy atom. The van der Waals surface area contributed by atoms with Crippen molar-refractivity contribution in [3.8, 4) is 0 Å². The number of fused-ring (bicyclic) bond motifs is 1. The molecule has 0 heterocycles. The van der Waals surface area contributed by atoms with Crippen molar-refractivity contribution in [2.45, 2.75) is 32.1 Å². The fraction of sp³-hybridized carbons (Fsp3) is 0.417. The Balaban J connectivity index is 2.39. The van der Waals surface area contributed by atoms with Crippen LogP contribution in [0.4, 0.5) is 0 Å². The number of hydrogen-bond donors (Lipinski definition) is 0. The summed E-state index contributed by atoms with van der Waals surface area (Å²) in [6.07, 6.45) is 6.54. The van der Waals surface area contributed by atoms with Gasteiger partial charge in [-0.3, -0.25) is 0 Å². The van der Waals surface area contributed by atoms with Crippen molar-refractivity contribution in [3.63, 3.8) is 0 Å². The largest absolute Gasteiger partial charge is 0.303 e. The second-order valence-corrected chi connectivity index (χ2v) is 3.63. The number of hydrogen-bond acceptors (Lipinski definition) is 1. The van der Waals surface area contributed by atoms with Crippen LogP contribution in [0.5, 0.6) is 0 Å². The van der Waals surface area contributed by atoms with Gasteiger partial charge >= 0.3 is 0 Å². The molecular weight excluding hydrogens is 160 g/mol. The lowest BCUT2D eigenvalue weighted by atomic mass is 9.87. The molecule has 13 heavy (non-hydrogen) atoms. The second kappa shape index (κ2) is 3.73. The summed E-state index contributed by atoms with van der Waals surface area (Å²) in [6, 6.07) is 6.35. The zero-order chi connectivity index (χ0) is 9.10. The Bertz CT molecular complexity index is 315. The molecule has 0 atom stereocenters. The standard InChI is InChI=1S/C12H14O/c13-9-8-11-6-3-5-10-4-1-2-7-12(10)11/h3,5-6,9H,1-2,4,7-8H2. The summed E-state index contributed by atoms with van der Waals surface area (Å²) < 4.78 is 0. The first-order chi connectivity index (χ1) is 6.42. The van der Waals surface area contributed by atoms with E-state index >= 15 is 0 Å². The molecule has 0 spiro atoms. The fourth-order valence-electron chi connectivity index (χ4n) is 2.14. The van der Waals surface area contributed by atoms with E-state index in [4.69, 9.17) is 0 Å². The summed E-state index contributed by atoms with van der Waals surface area (Å²) in [5.74, 6) is 0. The minimum Gasteiger partial charge on any atom is -0.303 e. The monoisotopic (exact) mass is 174 g/mol. The zero-order valence-electron chi connectivity index (χ0n) is 7.75. The molecule has 1 nitrogen and oxygen atoms in total. The van der Waals surface area contributed by atoms with Gasteiger partial charge in [0.2, 0.25) is 0 Å². The molecule has 1 aromatic rings. The molecular formula is C12H14O. The van der Waals surface area contributed by atoms with Crippen LogP contribution in [-0.4, -0.2) is 6.29 Å². The molecule has 1 aromatic carbocycles. The number of benzene rings is 1. The molecule has 0 radical (unpaired) electrons. The van der Waals surface area contributed by atoms with Crippen LogP contribution < -0.4 is 0 Å². The molecule has 0 aliphatic heterocycles. The van der Waals surface area contributed by atoms with Crippen LogP contribution in [0.3, 0.4) is 0 Å². The highest BCUT2D eigenvalue weighted by Gasteiger charge is 2.11. The van der Waals surface area contributed by atoms with Crippen LogP contribution in [0.2, 0.25) is 0 Å². The van der Waals surface area contributed by atoms with E-state index in [2.05, 4.69) is 18.2 Å². The molecule has 2 rings (SSSR count). The summed E-state index contributed by atoms with van der Waals surface area (Å²) in [7, 11) is 0. The van der Waals surface area contributed by atoms with Crippen molar-refractivity contribution in [3.05, 3.63) is 34.9 Å². The molecule has 0 aromatic heterocycles. The van der Waals surface area contributed by atoms with Crippen LogP contribution in [0.1, 0.15) is 29.5 Å². The van der Waals surface area contributed by atoms with Crippen molar-refractivity contribution < 1.29 is 4.79 Å². The minimum atomic E-state index is 0.586. The lowest BCUT2D eigenvalue weighted by Crippen LogP contribution is -2.06. The van der Waals surface area contributed by atoms with E-state index in [0.717, 1.165) is 6.29 Å². The van der Waals surface area contributed by atoms with Crippen LogP contribution >= 0.6 is 0 Å².